The maximum atomic E-state index is 12.3. The molecule has 4 heteroatoms. The van der Waals surface area contributed by atoms with Crippen molar-refractivity contribution in [2.75, 3.05) is 6.54 Å². The van der Waals surface area contributed by atoms with Gasteiger partial charge in [-0.25, -0.2) is 0 Å². The number of hydrogen-bond acceptors (Lipinski definition) is 3. The molecule has 1 heterocycles. The van der Waals surface area contributed by atoms with Crippen molar-refractivity contribution in [3.05, 3.63) is 102 Å². The molecule has 1 amide bonds. The van der Waals surface area contributed by atoms with Crippen LogP contribution in [0.4, 0.5) is 0 Å². The summed E-state index contributed by atoms with van der Waals surface area (Å²) in [5.41, 5.74) is 6.26. The van der Waals surface area contributed by atoms with Crippen LogP contribution in [-0.4, -0.2) is 22.5 Å². The van der Waals surface area contributed by atoms with Crippen LogP contribution in [0.5, 0.6) is 0 Å². The molecule has 0 atom stereocenters. The molecule has 0 spiro atoms. The molecule has 0 saturated carbocycles. The van der Waals surface area contributed by atoms with E-state index in [0.717, 1.165) is 34.6 Å². The van der Waals surface area contributed by atoms with E-state index in [0.29, 0.717) is 13.1 Å². The Balaban J connectivity index is 1.54. The predicted molar refractivity (Wildman–Crippen MR) is 123 cm³/mol. The molecule has 0 radical (unpaired) electrons. The Morgan fingerprint density at radius 3 is 2.06 bits per heavy atom. The lowest BCUT2D eigenvalue weighted by atomic mass is 10.0. The van der Waals surface area contributed by atoms with Gasteiger partial charge in [-0.2, -0.15) is 0 Å². The smallest absolute Gasteiger partial charge is 0.219 e. The molecule has 1 aromatic heterocycles. The van der Waals surface area contributed by atoms with Crippen LogP contribution in [0.15, 0.2) is 89.5 Å². The highest BCUT2D eigenvalue weighted by Crippen LogP contribution is 2.30. The molecule has 4 aromatic rings. The number of carbonyl (C=O) groups excluding carboxylic acids is 1. The fraction of sp³-hybridized carbons (Fsp3) is 0.185. The van der Waals surface area contributed by atoms with Crippen molar-refractivity contribution in [1.82, 2.24) is 10.1 Å². The zero-order chi connectivity index (χ0) is 21.6. The van der Waals surface area contributed by atoms with Gasteiger partial charge in [0.25, 0.3) is 0 Å². The first-order valence-electron chi connectivity index (χ1n) is 10.5. The zero-order valence-corrected chi connectivity index (χ0v) is 17.9. The van der Waals surface area contributed by atoms with Gasteiger partial charge in [0.2, 0.25) is 5.91 Å². The second-order valence-corrected chi connectivity index (χ2v) is 7.70. The Morgan fingerprint density at radius 2 is 1.42 bits per heavy atom. The van der Waals surface area contributed by atoms with E-state index in [-0.39, 0.29) is 5.91 Å². The fourth-order valence-corrected chi connectivity index (χ4v) is 3.69. The van der Waals surface area contributed by atoms with Crippen LogP contribution in [0.1, 0.15) is 23.7 Å². The van der Waals surface area contributed by atoms with E-state index < -0.39 is 0 Å². The van der Waals surface area contributed by atoms with E-state index in [9.17, 15) is 4.79 Å². The van der Waals surface area contributed by atoms with Crippen molar-refractivity contribution < 1.29 is 9.32 Å². The number of aromatic nitrogens is 1. The molecule has 0 aliphatic rings. The third-order valence-electron chi connectivity index (χ3n) is 5.55. The summed E-state index contributed by atoms with van der Waals surface area (Å²) >= 11 is 0. The molecule has 0 aliphatic heterocycles. The Hall–Kier alpha value is -3.66. The SMILES string of the molecule is CC(=O)N(CCc1ccccc1)Cc1c(C)noc1-c1ccc(-c2ccccc2)cc1. The van der Waals surface area contributed by atoms with Crippen molar-refractivity contribution in [2.45, 2.75) is 26.8 Å². The third-order valence-corrected chi connectivity index (χ3v) is 5.55. The van der Waals surface area contributed by atoms with E-state index in [1.165, 1.54) is 11.1 Å². The quantitative estimate of drug-likeness (QED) is 0.381. The predicted octanol–water partition coefficient (Wildman–Crippen LogP) is 5.91. The Bertz CT molecular complexity index is 1130. The number of aryl methyl sites for hydroxylation is 1. The molecular weight excluding hydrogens is 384 g/mol. The van der Waals surface area contributed by atoms with Gasteiger partial charge in [-0.3, -0.25) is 4.79 Å². The molecule has 0 fully saturated rings. The summed E-state index contributed by atoms with van der Waals surface area (Å²) in [4.78, 5) is 14.2. The number of amides is 1. The second kappa shape index (κ2) is 9.43. The van der Waals surface area contributed by atoms with Gasteiger partial charge in [0, 0.05) is 24.6 Å². The van der Waals surface area contributed by atoms with Crippen LogP contribution in [0.25, 0.3) is 22.5 Å². The van der Waals surface area contributed by atoms with E-state index in [1.807, 2.05) is 60.4 Å². The normalized spacial score (nSPS) is 10.8. The minimum atomic E-state index is 0.0434. The van der Waals surface area contributed by atoms with Crippen LogP contribution < -0.4 is 0 Å². The summed E-state index contributed by atoms with van der Waals surface area (Å²) in [7, 11) is 0. The first-order chi connectivity index (χ1) is 15.1. The average molecular weight is 411 g/mol. The molecule has 4 nitrogen and oxygen atoms in total. The van der Waals surface area contributed by atoms with Crippen LogP contribution in [0.3, 0.4) is 0 Å². The second-order valence-electron chi connectivity index (χ2n) is 7.70. The molecule has 0 unspecified atom stereocenters. The number of hydrogen-bond donors (Lipinski definition) is 0. The number of carbonyl (C=O) groups is 1. The Morgan fingerprint density at radius 1 is 0.839 bits per heavy atom. The molecule has 156 valence electrons. The minimum Gasteiger partial charge on any atom is -0.356 e. The van der Waals surface area contributed by atoms with Crippen LogP contribution in [0.2, 0.25) is 0 Å². The van der Waals surface area contributed by atoms with E-state index in [4.69, 9.17) is 4.52 Å². The summed E-state index contributed by atoms with van der Waals surface area (Å²) in [6, 6.07) is 28.8. The molecule has 0 bridgehead atoms. The van der Waals surface area contributed by atoms with Crippen LogP contribution >= 0.6 is 0 Å². The maximum Gasteiger partial charge on any atom is 0.219 e. The van der Waals surface area contributed by atoms with Gasteiger partial charge in [-0.05, 0) is 30.0 Å². The first-order valence-corrected chi connectivity index (χ1v) is 10.5. The third kappa shape index (κ3) is 4.92. The minimum absolute atomic E-state index is 0.0434. The van der Waals surface area contributed by atoms with Crippen molar-refractivity contribution in [2.24, 2.45) is 0 Å². The average Bonchev–Trinajstić information content (AvgIpc) is 3.17. The number of rotatable bonds is 7. The van der Waals surface area contributed by atoms with Gasteiger partial charge < -0.3 is 9.42 Å². The standard InChI is InChI=1S/C27H26N2O2/c1-20-26(19-29(21(2)30)18-17-22-9-5-3-6-10-22)27(31-28-20)25-15-13-24(14-16-25)23-11-7-4-8-12-23/h3-16H,17-19H2,1-2H3. The van der Waals surface area contributed by atoms with E-state index in [2.05, 4.69) is 41.6 Å². The Kier molecular flexibility index (Phi) is 6.27. The van der Waals surface area contributed by atoms with Crippen LogP contribution in [-0.2, 0) is 17.8 Å². The Labute approximate surface area is 183 Å². The first kappa shape index (κ1) is 20.6. The monoisotopic (exact) mass is 410 g/mol. The van der Waals surface area contributed by atoms with Crippen molar-refractivity contribution in [3.8, 4) is 22.5 Å². The van der Waals surface area contributed by atoms with Crippen LogP contribution in [0, 0.1) is 6.92 Å². The molecule has 0 N–H and O–H groups in total. The molecule has 4 rings (SSSR count). The molecule has 31 heavy (non-hydrogen) atoms. The van der Waals surface area contributed by atoms with Gasteiger partial charge in [0.15, 0.2) is 5.76 Å². The molecule has 0 saturated heterocycles. The van der Waals surface area contributed by atoms with Crippen molar-refractivity contribution in [3.63, 3.8) is 0 Å². The summed E-state index contributed by atoms with van der Waals surface area (Å²) < 4.78 is 5.68. The lowest BCUT2D eigenvalue weighted by Gasteiger charge is -2.21. The highest BCUT2D eigenvalue weighted by Gasteiger charge is 2.19. The van der Waals surface area contributed by atoms with Crippen molar-refractivity contribution in [1.29, 1.82) is 0 Å². The van der Waals surface area contributed by atoms with E-state index >= 15 is 0 Å². The summed E-state index contributed by atoms with van der Waals surface area (Å²) in [6.45, 7) is 4.67. The van der Waals surface area contributed by atoms with Gasteiger partial charge in [0.1, 0.15) is 0 Å². The highest BCUT2D eigenvalue weighted by molar-refractivity contribution is 5.74. The van der Waals surface area contributed by atoms with E-state index in [1.54, 1.807) is 6.92 Å². The summed E-state index contributed by atoms with van der Waals surface area (Å²) in [5.74, 6) is 0.768. The van der Waals surface area contributed by atoms with Gasteiger partial charge >= 0.3 is 0 Å². The summed E-state index contributed by atoms with van der Waals surface area (Å²) in [6.07, 6.45) is 0.811. The number of benzene rings is 3. The highest BCUT2D eigenvalue weighted by atomic mass is 16.5. The maximum absolute atomic E-state index is 12.3. The molecular formula is C27H26N2O2. The van der Waals surface area contributed by atoms with Gasteiger partial charge in [-0.1, -0.05) is 90.1 Å². The zero-order valence-electron chi connectivity index (χ0n) is 17.9. The largest absolute Gasteiger partial charge is 0.356 e. The van der Waals surface area contributed by atoms with Gasteiger partial charge in [0.05, 0.1) is 12.2 Å². The molecule has 3 aromatic carbocycles. The van der Waals surface area contributed by atoms with Crippen molar-refractivity contribution >= 4 is 5.91 Å². The topological polar surface area (TPSA) is 46.3 Å². The number of nitrogens with zero attached hydrogens (tertiary/aromatic N) is 2. The molecule has 0 aliphatic carbocycles. The fourth-order valence-electron chi connectivity index (χ4n) is 3.69. The lowest BCUT2D eigenvalue weighted by Crippen LogP contribution is -2.30. The lowest BCUT2D eigenvalue weighted by molar-refractivity contribution is -0.129. The van der Waals surface area contributed by atoms with Gasteiger partial charge in [-0.15, -0.1) is 0 Å². The summed E-state index contributed by atoms with van der Waals surface area (Å²) in [5, 5.41) is 4.19.